The average Bonchev–Trinajstić information content (AvgIpc) is 2.54. The molecule has 1 aromatic carbocycles. The lowest BCUT2D eigenvalue weighted by molar-refractivity contribution is 0.643. The molecule has 0 bridgehead atoms. The van der Waals surface area contributed by atoms with E-state index >= 15 is 0 Å². The van der Waals surface area contributed by atoms with Crippen molar-refractivity contribution in [3.05, 3.63) is 28.8 Å². The molecule has 1 aromatic rings. The maximum absolute atomic E-state index is 5.98. The van der Waals surface area contributed by atoms with Crippen LogP contribution in [0.3, 0.4) is 0 Å². The second kappa shape index (κ2) is 3.79. The topological polar surface area (TPSA) is 29.3 Å². The molecule has 0 radical (unpaired) electrons. The fourth-order valence-corrected chi connectivity index (χ4v) is 2.34. The number of hydrogen-bond acceptors (Lipinski definition) is 2. The molecule has 1 aliphatic heterocycles. The standard InChI is InChI=1S/C11H15ClN2/c1-2-14-10(7-13)5-8-3-4-9(12)6-11(8)14/h3-4,6,10H,2,5,7,13H2,1H3. The largest absolute Gasteiger partial charge is 0.367 e. The molecule has 2 rings (SSSR count). The lowest BCUT2D eigenvalue weighted by atomic mass is 10.1. The van der Waals surface area contributed by atoms with Crippen LogP contribution in [0.2, 0.25) is 5.02 Å². The van der Waals surface area contributed by atoms with Crippen molar-refractivity contribution < 1.29 is 0 Å². The highest BCUT2D eigenvalue weighted by Gasteiger charge is 2.26. The summed E-state index contributed by atoms with van der Waals surface area (Å²) in [4.78, 5) is 2.33. The monoisotopic (exact) mass is 210 g/mol. The Hall–Kier alpha value is -0.730. The molecule has 0 aromatic heterocycles. The highest BCUT2D eigenvalue weighted by Crippen LogP contribution is 2.33. The van der Waals surface area contributed by atoms with Crippen LogP contribution in [0.5, 0.6) is 0 Å². The Balaban J connectivity index is 2.38. The van der Waals surface area contributed by atoms with Gasteiger partial charge in [0.15, 0.2) is 0 Å². The number of nitrogens with two attached hydrogens (primary N) is 1. The van der Waals surface area contributed by atoms with Crippen molar-refractivity contribution >= 4 is 17.3 Å². The predicted octanol–water partition coefficient (Wildman–Crippen LogP) is 2.05. The molecular weight excluding hydrogens is 196 g/mol. The van der Waals surface area contributed by atoms with Crippen LogP contribution in [0.1, 0.15) is 12.5 Å². The van der Waals surface area contributed by atoms with Crippen molar-refractivity contribution in [3.63, 3.8) is 0 Å². The lowest BCUT2D eigenvalue weighted by Crippen LogP contribution is -2.37. The molecule has 1 heterocycles. The Morgan fingerprint density at radius 1 is 1.57 bits per heavy atom. The molecule has 0 aliphatic carbocycles. The first-order chi connectivity index (χ1) is 6.76. The number of rotatable bonds is 2. The van der Waals surface area contributed by atoms with Gasteiger partial charge in [-0.25, -0.2) is 0 Å². The normalized spacial score (nSPS) is 19.9. The van der Waals surface area contributed by atoms with E-state index in [0.717, 1.165) is 18.0 Å². The van der Waals surface area contributed by atoms with Gasteiger partial charge in [0.25, 0.3) is 0 Å². The third kappa shape index (κ3) is 1.49. The van der Waals surface area contributed by atoms with Gasteiger partial charge in [0.05, 0.1) is 0 Å². The SMILES string of the molecule is CCN1c2cc(Cl)ccc2CC1CN. The number of anilines is 1. The Morgan fingerprint density at radius 2 is 2.36 bits per heavy atom. The number of fused-ring (bicyclic) bond motifs is 1. The minimum absolute atomic E-state index is 0.452. The fourth-order valence-electron chi connectivity index (χ4n) is 2.18. The van der Waals surface area contributed by atoms with Gasteiger partial charge in [-0.3, -0.25) is 0 Å². The molecule has 0 saturated carbocycles. The predicted molar refractivity (Wildman–Crippen MR) is 61.0 cm³/mol. The summed E-state index contributed by atoms with van der Waals surface area (Å²) >= 11 is 5.98. The molecule has 0 fully saturated rings. The first-order valence-corrected chi connectivity index (χ1v) is 5.39. The van der Waals surface area contributed by atoms with Gasteiger partial charge in [-0.15, -0.1) is 0 Å². The van der Waals surface area contributed by atoms with Gasteiger partial charge in [-0.2, -0.15) is 0 Å². The quantitative estimate of drug-likeness (QED) is 0.810. The summed E-state index contributed by atoms with van der Waals surface area (Å²) in [6.45, 7) is 3.86. The molecule has 3 heteroatoms. The Bertz CT molecular complexity index is 338. The highest BCUT2D eigenvalue weighted by atomic mass is 35.5. The smallest absolute Gasteiger partial charge is 0.0453 e. The molecule has 0 amide bonds. The summed E-state index contributed by atoms with van der Waals surface area (Å²) in [7, 11) is 0. The van der Waals surface area contributed by atoms with Gasteiger partial charge in [0, 0.05) is 29.8 Å². The molecule has 1 atom stereocenters. The van der Waals surface area contributed by atoms with Crippen LogP contribution in [0.25, 0.3) is 0 Å². The number of likely N-dealkylation sites (N-methyl/N-ethyl adjacent to an activating group) is 1. The van der Waals surface area contributed by atoms with E-state index in [1.165, 1.54) is 11.3 Å². The Kier molecular flexibility index (Phi) is 2.66. The zero-order valence-corrected chi connectivity index (χ0v) is 9.09. The van der Waals surface area contributed by atoms with E-state index in [0.29, 0.717) is 12.6 Å². The number of nitrogens with zero attached hydrogens (tertiary/aromatic N) is 1. The molecule has 2 N–H and O–H groups in total. The van der Waals surface area contributed by atoms with Gasteiger partial charge in [0.1, 0.15) is 0 Å². The van der Waals surface area contributed by atoms with Crippen molar-refractivity contribution in [2.45, 2.75) is 19.4 Å². The van der Waals surface area contributed by atoms with E-state index in [2.05, 4.69) is 17.9 Å². The highest BCUT2D eigenvalue weighted by molar-refractivity contribution is 6.30. The van der Waals surface area contributed by atoms with E-state index < -0.39 is 0 Å². The summed E-state index contributed by atoms with van der Waals surface area (Å²) < 4.78 is 0. The zero-order valence-electron chi connectivity index (χ0n) is 8.33. The molecule has 1 aliphatic rings. The van der Waals surface area contributed by atoms with Gasteiger partial charge in [-0.05, 0) is 31.0 Å². The maximum atomic E-state index is 5.98. The Morgan fingerprint density at radius 3 is 3.00 bits per heavy atom. The molecule has 76 valence electrons. The summed E-state index contributed by atoms with van der Waals surface area (Å²) in [5.41, 5.74) is 8.37. The third-order valence-electron chi connectivity index (χ3n) is 2.87. The lowest BCUT2D eigenvalue weighted by Gasteiger charge is -2.24. The molecule has 1 unspecified atom stereocenters. The first kappa shape index (κ1) is 9.81. The molecule has 2 nitrogen and oxygen atoms in total. The summed E-state index contributed by atoms with van der Waals surface area (Å²) in [5.74, 6) is 0. The van der Waals surface area contributed by atoms with Crippen molar-refractivity contribution in [3.8, 4) is 0 Å². The second-order valence-electron chi connectivity index (χ2n) is 3.65. The van der Waals surface area contributed by atoms with Crippen molar-refractivity contribution in [2.24, 2.45) is 5.73 Å². The second-order valence-corrected chi connectivity index (χ2v) is 4.09. The third-order valence-corrected chi connectivity index (χ3v) is 3.10. The van der Waals surface area contributed by atoms with Crippen LogP contribution in [0.15, 0.2) is 18.2 Å². The minimum atomic E-state index is 0.452. The fraction of sp³-hybridized carbons (Fsp3) is 0.455. The van der Waals surface area contributed by atoms with Crippen molar-refractivity contribution in [1.82, 2.24) is 0 Å². The average molecular weight is 211 g/mol. The first-order valence-electron chi connectivity index (χ1n) is 5.01. The van der Waals surface area contributed by atoms with Gasteiger partial charge >= 0.3 is 0 Å². The molecular formula is C11H15ClN2. The van der Waals surface area contributed by atoms with E-state index in [-0.39, 0.29) is 0 Å². The van der Waals surface area contributed by atoms with Gasteiger partial charge < -0.3 is 10.6 Å². The summed E-state index contributed by atoms with van der Waals surface area (Å²) in [5, 5.41) is 0.805. The van der Waals surface area contributed by atoms with Crippen LogP contribution in [-0.2, 0) is 6.42 Å². The minimum Gasteiger partial charge on any atom is -0.367 e. The van der Waals surface area contributed by atoms with E-state index in [9.17, 15) is 0 Å². The van der Waals surface area contributed by atoms with Crippen LogP contribution in [0, 0.1) is 0 Å². The van der Waals surface area contributed by atoms with E-state index in [1.807, 2.05) is 12.1 Å². The van der Waals surface area contributed by atoms with E-state index in [1.54, 1.807) is 0 Å². The summed E-state index contributed by atoms with van der Waals surface area (Å²) in [6.07, 6.45) is 1.05. The van der Waals surface area contributed by atoms with E-state index in [4.69, 9.17) is 17.3 Å². The van der Waals surface area contributed by atoms with Crippen molar-refractivity contribution in [2.75, 3.05) is 18.0 Å². The van der Waals surface area contributed by atoms with Crippen LogP contribution in [-0.4, -0.2) is 19.1 Å². The Labute approximate surface area is 89.7 Å². The van der Waals surface area contributed by atoms with Crippen LogP contribution >= 0.6 is 11.6 Å². The molecule has 14 heavy (non-hydrogen) atoms. The zero-order chi connectivity index (χ0) is 10.1. The number of hydrogen-bond donors (Lipinski definition) is 1. The number of benzene rings is 1. The number of halogens is 1. The summed E-state index contributed by atoms with van der Waals surface area (Å²) in [6, 6.07) is 6.55. The van der Waals surface area contributed by atoms with Crippen LogP contribution < -0.4 is 10.6 Å². The maximum Gasteiger partial charge on any atom is 0.0453 e. The van der Waals surface area contributed by atoms with Crippen molar-refractivity contribution in [1.29, 1.82) is 0 Å². The molecule has 0 saturated heterocycles. The van der Waals surface area contributed by atoms with Crippen LogP contribution in [0.4, 0.5) is 5.69 Å². The van der Waals surface area contributed by atoms with Gasteiger partial charge in [0.2, 0.25) is 0 Å². The van der Waals surface area contributed by atoms with Gasteiger partial charge in [-0.1, -0.05) is 17.7 Å². The molecule has 0 spiro atoms.